The molecule has 0 atom stereocenters. The van der Waals surface area contributed by atoms with Gasteiger partial charge < -0.3 is 0 Å². The van der Waals surface area contributed by atoms with Crippen LogP contribution >= 0.6 is 0 Å². The number of nitrogens with zero attached hydrogens (tertiary/aromatic N) is 3. The fourth-order valence-corrected chi connectivity index (χ4v) is 4.87. The summed E-state index contributed by atoms with van der Waals surface area (Å²) in [6.45, 7) is 0. The van der Waals surface area contributed by atoms with Gasteiger partial charge >= 0.3 is 0 Å². The Bertz CT molecular complexity index is 1910. The fourth-order valence-electron chi connectivity index (χ4n) is 4.87. The van der Waals surface area contributed by atoms with E-state index in [1.165, 1.54) is 21.9 Å². The fraction of sp³-hybridized carbons (Fsp3) is 0. The normalized spacial score (nSPS) is 11.2. The van der Waals surface area contributed by atoms with Crippen LogP contribution in [0.5, 0.6) is 0 Å². The van der Waals surface area contributed by atoms with Gasteiger partial charge in [0.15, 0.2) is 17.5 Å². The van der Waals surface area contributed by atoms with Crippen molar-refractivity contribution in [2.24, 2.45) is 0 Å². The second-order valence-corrected chi connectivity index (χ2v) is 9.38. The number of rotatable bonds is 4. The number of fused-ring (bicyclic) bond motifs is 2. The van der Waals surface area contributed by atoms with Gasteiger partial charge in [-0.1, -0.05) is 121 Å². The number of benzene rings is 6. The third kappa shape index (κ3) is 4.21. The molecule has 6 aromatic carbocycles. The molecule has 0 radical (unpaired) electrons. The Morgan fingerprint density at radius 2 is 0.658 bits per heavy atom. The highest BCUT2D eigenvalue weighted by Crippen LogP contribution is 2.30. The van der Waals surface area contributed by atoms with Crippen LogP contribution in [0.2, 0.25) is 0 Å². The van der Waals surface area contributed by atoms with Gasteiger partial charge in [-0.25, -0.2) is 15.0 Å². The first-order valence-corrected chi connectivity index (χ1v) is 12.7. The molecular formula is C35H23N3. The van der Waals surface area contributed by atoms with Crippen LogP contribution in [0.15, 0.2) is 140 Å². The predicted molar refractivity (Wildman–Crippen MR) is 157 cm³/mol. The Hall–Kier alpha value is -5.15. The van der Waals surface area contributed by atoms with Gasteiger partial charge in [0, 0.05) is 16.7 Å². The second kappa shape index (κ2) is 9.38. The molecule has 0 saturated heterocycles. The molecule has 178 valence electrons. The topological polar surface area (TPSA) is 38.7 Å². The van der Waals surface area contributed by atoms with E-state index in [1.54, 1.807) is 0 Å². The molecule has 0 unspecified atom stereocenters. The molecule has 7 rings (SSSR count). The average Bonchev–Trinajstić information content (AvgIpc) is 3.01. The van der Waals surface area contributed by atoms with Crippen molar-refractivity contribution in [3.05, 3.63) is 140 Å². The van der Waals surface area contributed by atoms with E-state index in [0.29, 0.717) is 17.5 Å². The van der Waals surface area contributed by atoms with Gasteiger partial charge in [-0.05, 0) is 50.9 Å². The number of hydrogen-bond donors (Lipinski definition) is 0. The van der Waals surface area contributed by atoms with Gasteiger partial charge in [0.2, 0.25) is 0 Å². The van der Waals surface area contributed by atoms with E-state index in [-0.39, 0.29) is 0 Å². The van der Waals surface area contributed by atoms with Crippen LogP contribution in [0.4, 0.5) is 0 Å². The second-order valence-electron chi connectivity index (χ2n) is 9.38. The first-order chi connectivity index (χ1) is 18.8. The third-order valence-electron chi connectivity index (χ3n) is 6.88. The summed E-state index contributed by atoms with van der Waals surface area (Å²) in [6.07, 6.45) is 0. The lowest BCUT2D eigenvalue weighted by Crippen LogP contribution is -2.00. The minimum Gasteiger partial charge on any atom is -0.208 e. The van der Waals surface area contributed by atoms with Crippen LogP contribution in [-0.2, 0) is 0 Å². The minimum absolute atomic E-state index is 0.663. The van der Waals surface area contributed by atoms with Crippen molar-refractivity contribution in [3.63, 3.8) is 0 Å². The summed E-state index contributed by atoms with van der Waals surface area (Å²) in [6, 6.07) is 48.2. The number of hydrogen-bond acceptors (Lipinski definition) is 3. The molecule has 0 aliphatic rings. The SMILES string of the molecule is c1ccc(-c2ccc3cc(-c4nc(-c5ccccc5)nc(-c5ccc6ccccc6c5)n4)ccc3c2)cc1. The molecule has 3 nitrogen and oxygen atoms in total. The lowest BCUT2D eigenvalue weighted by Gasteiger charge is -2.10. The summed E-state index contributed by atoms with van der Waals surface area (Å²) >= 11 is 0. The van der Waals surface area contributed by atoms with Crippen LogP contribution in [0.25, 0.3) is 66.8 Å². The van der Waals surface area contributed by atoms with Crippen molar-refractivity contribution in [2.45, 2.75) is 0 Å². The molecule has 1 aromatic heterocycles. The molecule has 38 heavy (non-hydrogen) atoms. The first-order valence-electron chi connectivity index (χ1n) is 12.7. The molecule has 0 fully saturated rings. The van der Waals surface area contributed by atoms with Gasteiger partial charge in [0.25, 0.3) is 0 Å². The minimum atomic E-state index is 0.663. The van der Waals surface area contributed by atoms with Crippen molar-refractivity contribution in [1.29, 1.82) is 0 Å². The molecule has 1 heterocycles. The van der Waals surface area contributed by atoms with Crippen LogP contribution in [0.1, 0.15) is 0 Å². The van der Waals surface area contributed by atoms with E-state index in [2.05, 4.69) is 103 Å². The van der Waals surface area contributed by atoms with Gasteiger partial charge in [0.05, 0.1) is 0 Å². The molecule has 0 amide bonds. The van der Waals surface area contributed by atoms with E-state index < -0.39 is 0 Å². The maximum Gasteiger partial charge on any atom is 0.164 e. The molecular weight excluding hydrogens is 462 g/mol. The quantitative estimate of drug-likeness (QED) is 0.250. The monoisotopic (exact) mass is 485 g/mol. The Kier molecular flexibility index (Phi) is 5.45. The van der Waals surface area contributed by atoms with E-state index in [1.807, 2.05) is 36.4 Å². The maximum atomic E-state index is 4.96. The standard InChI is InChI=1S/C35H23N3/c1-3-9-24(10-4-1)28-16-17-30-23-32(20-18-29(30)21-28)35-37-33(26-12-5-2-6-13-26)36-34(38-35)31-19-15-25-11-7-8-14-27(25)22-31/h1-23H. The average molecular weight is 486 g/mol. The molecule has 0 aliphatic heterocycles. The van der Waals surface area contributed by atoms with Crippen LogP contribution < -0.4 is 0 Å². The van der Waals surface area contributed by atoms with Crippen molar-refractivity contribution in [1.82, 2.24) is 15.0 Å². The molecule has 7 aromatic rings. The zero-order chi connectivity index (χ0) is 25.3. The van der Waals surface area contributed by atoms with E-state index in [9.17, 15) is 0 Å². The number of aromatic nitrogens is 3. The Labute approximate surface area is 221 Å². The highest BCUT2D eigenvalue weighted by molar-refractivity contribution is 5.91. The van der Waals surface area contributed by atoms with Gasteiger partial charge in [-0.2, -0.15) is 0 Å². The largest absolute Gasteiger partial charge is 0.208 e. The van der Waals surface area contributed by atoms with Crippen molar-refractivity contribution < 1.29 is 0 Å². The van der Waals surface area contributed by atoms with Crippen LogP contribution in [0.3, 0.4) is 0 Å². The Morgan fingerprint density at radius 1 is 0.263 bits per heavy atom. The van der Waals surface area contributed by atoms with Gasteiger partial charge in [-0.15, -0.1) is 0 Å². The smallest absolute Gasteiger partial charge is 0.164 e. The molecule has 0 N–H and O–H groups in total. The Morgan fingerprint density at radius 3 is 1.26 bits per heavy atom. The molecule has 0 aliphatic carbocycles. The zero-order valence-electron chi connectivity index (χ0n) is 20.6. The molecule has 3 heteroatoms. The summed E-state index contributed by atoms with van der Waals surface area (Å²) in [5, 5.41) is 4.68. The van der Waals surface area contributed by atoms with Gasteiger partial charge in [-0.3, -0.25) is 0 Å². The first kappa shape index (κ1) is 22.1. The van der Waals surface area contributed by atoms with Crippen molar-refractivity contribution in [2.75, 3.05) is 0 Å². The Balaban J connectivity index is 1.36. The van der Waals surface area contributed by atoms with Crippen molar-refractivity contribution in [3.8, 4) is 45.3 Å². The van der Waals surface area contributed by atoms with Crippen LogP contribution in [-0.4, -0.2) is 15.0 Å². The molecule has 0 spiro atoms. The van der Waals surface area contributed by atoms with Crippen molar-refractivity contribution >= 4 is 21.5 Å². The third-order valence-corrected chi connectivity index (χ3v) is 6.88. The summed E-state index contributed by atoms with van der Waals surface area (Å²) in [5.74, 6) is 1.99. The molecule has 0 saturated carbocycles. The summed E-state index contributed by atoms with van der Waals surface area (Å²) in [4.78, 5) is 14.8. The zero-order valence-corrected chi connectivity index (χ0v) is 20.6. The van der Waals surface area contributed by atoms with E-state index in [4.69, 9.17) is 15.0 Å². The summed E-state index contributed by atoms with van der Waals surface area (Å²) in [5.41, 5.74) is 5.32. The highest BCUT2D eigenvalue weighted by atomic mass is 15.0. The summed E-state index contributed by atoms with van der Waals surface area (Å²) < 4.78 is 0. The lowest BCUT2D eigenvalue weighted by molar-refractivity contribution is 1.08. The van der Waals surface area contributed by atoms with E-state index in [0.717, 1.165) is 27.5 Å². The van der Waals surface area contributed by atoms with Gasteiger partial charge in [0.1, 0.15) is 0 Å². The predicted octanol–water partition coefficient (Wildman–Crippen LogP) is 8.85. The summed E-state index contributed by atoms with van der Waals surface area (Å²) in [7, 11) is 0. The molecule has 0 bridgehead atoms. The maximum absolute atomic E-state index is 4.96. The lowest BCUT2D eigenvalue weighted by atomic mass is 10.00. The van der Waals surface area contributed by atoms with E-state index >= 15 is 0 Å². The van der Waals surface area contributed by atoms with Crippen LogP contribution in [0, 0.1) is 0 Å². The highest BCUT2D eigenvalue weighted by Gasteiger charge is 2.13.